The van der Waals surface area contributed by atoms with Gasteiger partial charge in [0.25, 0.3) is 5.91 Å². The lowest BCUT2D eigenvalue weighted by Crippen LogP contribution is -2.47. The molecule has 1 atom stereocenters. The van der Waals surface area contributed by atoms with E-state index >= 15 is 0 Å². The lowest BCUT2D eigenvalue weighted by molar-refractivity contribution is 0.0936. The van der Waals surface area contributed by atoms with Crippen LogP contribution in [0.5, 0.6) is 0 Å². The van der Waals surface area contributed by atoms with Crippen LogP contribution in [0.2, 0.25) is 0 Å². The van der Waals surface area contributed by atoms with Gasteiger partial charge >= 0.3 is 0 Å². The van der Waals surface area contributed by atoms with Gasteiger partial charge in [-0.05, 0) is 19.0 Å². The Hall–Kier alpha value is -1.74. The Morgan fingerprint density at radius 2 is 2.08 bits per heavy atom. The van der Waals surface area contributed by atoms with Crippen molar-refractivity contribution >= 4 is 21.7 Å². The van der Waals surface area contributed by atoms with Crippen molar-refractivity contribution in [2.24, 2.45) is 0 Å². The van der Waals surface area contributed by atoms with Gasteiger partial charge in [0.1, 0.15) is 5.69 Å². The maximum atomic E-state index is 12.3. The third-order valence-corrected chi connectivity index (χ3v) is 6.31. The molecule has 1 aromatic heterocycles. The lowest BCUT2D eigenvalue weighted by atomic mass is 10.2. The van der Waals surface area contributed by atoms with E-state index in [-0.39, 0.29) is 29.1 Å². The molecule has 0 spiro atoms. The number of sulfone groups is 1. The second-order valence-corrected chi connectivity index (χ2v) is 8.47. The van der Waals surface area contributed by atoms with Crippen LogP contribution in [0.1, 0.15) is 23.8 Å². The number of hydrogen-bond acceptors (Lipinski definition) is 7. The first-order valence-corrected chi connectivity index (χ1v) is 10.1. The monoisotopic (exact) mass is 353 g/mol. The van der Waals surface area contributed by atoms with Crippen LogP contribution < -0.4 is 10.2 Å². The van der Waals surface area contributed by atoms with Crippen LogP contribution in [0.25, 0.3) is 0 Å². The van der Waals surface area contributed by atoms with E-state index in [4.69, 9.17) is 0 Å². The SMILES string of the molecule is CCN1CCN(c2nccc(C(=O)NC3CCS(=O)(=O)C3)n2)CC1. The molecule has 1 unspecified atom stereocenters. The lowest BCUT2D eigenvalue weighted by Gasteiger charge is -2.34. The van der Waals surface area contributed by atoms with E-state index < -0.39 is 9.84 Å². The molecule has 0 aromatic carbocycles. The van der Waals surface area contributed by atoms with E-state index in [0.29, 0.717) is 12.4 Å². The zero-order valence-corrected chi connectivity index (χ0v) is 14.6. The van der Waals surface area contributed by atoms with Gasteiger partial charge in [-0.2, -0.15) is 0 Å². The maximum Gasteiger partial charge on any atom is 0.270 e. The zero-order valence-electron chi connectivity index (χ0n) is 13.8. The quantitative estimate of drug-likeness (QED) is 0.782. The number of carbonyl (C=O) groups is 1. The van der Waals surface area contributed by atoms with Gasteiger partial charge in [-0.15, -0.1) is 0 Å². The number of anilines is 1. The number of carbonyl (C=O) groups excluding carboxylic acids is 1. The van der Waals surface area contributed by atoms with E-state index in [1.165, 1.54) is 0 Å². The molecule has 0 saturated carbocycles. The Morgan fingerprint density at radius 3 is 2.71 bits per heavy atom. The van der Waals surface area contributed by atoms with Crippen molar-refractivity contribution in [3.8, 4) is 0 Å². The summed E-state index contributed by atoms with van der Waals surface area (Å²) in [7, 11) is -3.02. The molecule has 0 bridgehead atoms. The molecule has 2 fully saturated rings. The molecule has 9 heteroatoms. The van der Waals surface area contributed by atoms with Crippen molar-refractivity contribution in [3.05, 3.63) is 18.0 Å². The van der Waals surface area contributed by atoms with Crippen LogP contribution in [-0.4, -0.2) is 79.5 Å². The molecule has 2 aliphatic heterocycles. The number of rotatable bonds is 4. The Balaban J connectivity index is 1.64. The van der Waals surface area contributed by atoms with Crippen LogP contribution in [0.3, 0.4) is 0 Å². The molecule has 2 aliphatic rings. The van der Waals surface area contributed by atoms with Crippen molar-refractivity contribution in [2.45, 2.75) is 19.4 Å². The first-order valence-electron chi connectivity index (χ1n) is 8.28. The summed E-state index contributed by atoms with van der Waals surface area (Å²) >= 11 is 0. The second-order valence-electron chi connectivity index (χ2n) is 6.24. The van der Waals surface area contributed by atoms with Crippen LogP contribution in [-0.2, 0) is 9.84 Å². The molecule has 8 nitrogen and oxygen atoms in total. The minimum atomic E-state index is -3.02. The van der Waals surface area contributed by atoms with E-state index in [0.717, 1.165) is 32.7 Å². The number of aromatic nitrogens is 2. The van der Waals surface area contributed by atoms with Crippen LogP contribution >= 0.6 is 0 Å². The molecule has 0 aliphatic carbocycles. The number of nitrogens with zero attached hydrogens (tertiary/aromatic N) is 4. The highest BCUT2D eigenvalue weighted by molar-refractivity contribution is 7.91. The fourth-order valence-corrected chi connectivity index (χ4v) is 4.73. The Morgan fingerprint density at radius 1 is 1.33 bits per heavy atom. The number of amides is 1. The minimum absolute atomic E-state index is 0.00958. The molecular formula is C15H23N5O3S. The third kappa shape index (κ3) is 4.02. The number of nitrogens with one attached hydrogen (secondary N) is 1. The Bertz CT molecular complexity index is 701. The summed E-state index contributed by atoms with van der Waals surface area (Å²) in [5.41, 5.74) is 0.280. The van der Waals surface area contributed by atoms with E-state index in [1.54, 1.807) is 12.3 Å². The van der Waals surface area contributed by atoms with Gasteiger partial charge in [-0.3, -0.25) is 4.79 Å². The van der Waals surface area contributed by atoms with E-state index in [1.807, 2.05) is 0 Å². The summed E-state index contributed by atoms with van der Waals surface area (Å²) in [6.07, 6.45) is 2.04. The summed E-state index contributed by atoms with van der Waals surface area (Å²) in [5.74, 6) is 0.357. The van der Waals surface area contributed by atoms with Crippen molar-refractivity contribution in [3.63, 3.8) is 0 Å². The van der Waals surface area contributed by atoms with Crippen molar-refractivity contribution in [2.75, 3.05) is 49.1 Å². The number of hydrogen-bond donors (Lipinski definition) is 1. The fourth-order valence-electron chi connectivity index (χ4n) is 3.06. The highest BCUT2D eigenvalue weighted by Gasteiger charge is 2.29. The van der Waals surface area contributed by atoms with Crippen molar-refractivity contribution in [1.29, 1.82) is 0 Å². The first kappa shape index (κ1) is 17.1. The van der Waals surface area contributed by atoms with Crippen LogP contribution in [0, 0.1) is 0 Å². The summed E-state index contributed by atoms with van der Waals surface area (Å²) < 4.78 is 23.0. The number of piperazine rings is 1. The van der Waals surface area contributed by atoms with Gasteiger partial charge in [-0.25, -0.2) is 18.4 Å². The normalized spacial score (nSPS) is 24.0. The minimum Gasteiger partial charge on any atom is -0.347 e. The highest BCUT2D eigenvalue weighted by Crippen LogP contribution is 2.14. The van der Waals surface area contributed by atoms with Crippen LogP contribution in [0.4, 0.5) is 5.95 Å². The van der Waals surface area contributed by atoms with Gasteiger partial charge in [0.15, 0.2) is 9.84 Å². The molecule has 24 heavy (non-hydrogen) atoms. The molecule has 1 amide bonds. The van der Waals surface area contributed by atoms with Gasteiger partial charge in [0, 0.05) is 38.4 Å². The summed E-state index contributed by atoms with van der Waals surface area (Å²) in [6.45, 7) is 6.74. The average Bonchev–Trinajstić information content (AvgIpc) is 2.93. The molecule has 132 valence electrons. The third-order valence-electron chi connectivity index (χ3n) is 4.55. The predicted molar refractivity (Wildman–Crippen MR) is 90.9 cm³/mol. The standard InChI is InChI=1S/C15H23N5O3S/c1-2-19-6-8-20(9-7-19)15-16-5-3-13(18-15)14(21)17-12-4-10-24(22,23)11-12/h3,5,12H,2,4,6-11H2,1H3,(H,17,21). The molecule has 0 radical (unpaired) electrons. The van der Waals surface area contributed by atoms with Gasteiger partial charge < -0.3 is 15.1 Å². The predicted octanol–water partition coefficient (Wildman–Crippen LogP) is -0.465. The Kier molecular flexibility index (Phi) is 5.00. The summed E-state index contributed by atoms with van der Waals surface area (Å²) in [4.78, 5) is 25.4. The molecular weight excluding hydrogens is 330 g/mol. The largest absolute Gasteiger partial charge is 0.347 e. The van der Waals surface area contributed by atoms with Crippen molar-refractivity contribution in [1.82, 2.24) is 20.2 Å². The average molecular weight is 353 g/mol. The highest BCUT2D eigenvalue weighted by atomic mass is 32.2. The first-order chi connectivity index (χ1) is 11.5. The van der Waals surface area contributed by atoms with Gasteiger partial charge in [0.05, 0.1) is 11.5 Å². The molecule has 3 heterocycles. The number of likely N-dealkylation sites (N-methyl/N-ethyl adjacent to an activating group) is 1. The smallest absolute Gasteiger partial charge is 0.270 e. The Labute approximate surface area is 142 Å². The molecule has 3 rings (SSSR count). The van der Waals surface area contributed by atoms with Gasteiger partial charge in [0.2, 0.25) is 5.95 Å². The molecule has 1 aromatic rings. The maximum absolute atomic E-state index is 12.3. The zero-order chi connectivity index (χ0) is 17.2. The van der Waals surface area contributed by atoms with E-state index in [2.05, 4.69) is 32.0 Å². The summed E-state index contributed by atoms with van der Waals surface area (Å²) in [5, 5.41) is 2.76. The van der Waals surface area contributed by atoms with Crippen molar-refractivity contribution < 1.29 is 13.2 Å². The summed E-state index contributed by atoms with van der Waals surface area (Å²) in [6, 6.07) is 1.24. The van der Waals surface area contributed by atoms with Gasteiger partial charge in [-0.1, -0.05) is 6.92 Å². The molecule has 2 saturated heterocycles. The second kappa shape index (κ2) is 7.02. The molecule has 1 N–H and O–H groups in total. The van der Waals surface area contributed by atoms with Crippen LogP contribution in [0.15, 0.2) is 12.3 Å². The fraction of sp³-hybridized carbons (Fsp3) is 0.667. The van der Waals surface area contributed by atoms with E-state index in [9.17, 15) is 13.2 Å². The topological polar surface area (TPSA) is 95.5 Å².